The van der Waals surface area contributed by atoms with Gasteiger partial charge in [-0.1, -0.05) is 48.5 Å². The number of para-hydroxylation sites is 3. The minimum absolute atomic E-state index is 0.345. The molecule has 3 rings (SSSR count). The van der Waals surface area contributed by atoms with Crippen molar-refractivity contribution in [1.82, 2.24) is 0 Å². The van der Waals surface area contributed by atoms with Crippen molar-refractivity contribution in [3.05, 3.63) is 89.5 Å². The molecule has 0 aliphatic heterocycles. The monoisotopic (exact) mass is 331 g/mol. The van der Waals surface area contributed by atoms with Gasteiger partial charge in [-0.05, 0) is 49.2 Å². The van der Waals surface area contributed by atoms with Crippen LogP contribution < -0.4 is 4.90 Å². The van der Waals surface area contributed by atoms with Crippen LogP contribution in [0, 0.1) is 13.8 Å². The lowest BCUT2D eigenvalue weighted by atomic mass is 10.1. The van der Waals surface area contributed by atoms with Crippen LogP contribution in [0.3, 0.4) is 0 Å². The van der Waals surface area contributed by atoms with E-state index in [1.807, 2.05) is 42.5 Å². The Bertz CT molecular complexity index is 856. The van der Waals surface area contributed by atoms with E-state index >= 15 is 0 Å². The number of carbonyl (C=O) groups excluding carboxylic acids is 1. The van der Waals surface area contributed by atoms with Crippen LogP contribution >= 0.6 is 0 Å². The van der Waals surface area contributed by atoms with Crippen molar-refractivity contribution in [3.8, 4) is 0 Å². The van der Waals surface area contributed by atoms with Crippen LogP contribution in [0.15, 0.2) is 72.8 Å². The first-order valence-electron chi connectivity index (χ1n) is 8.22. The van der Waals surface area contributed by atoms with E-state index in [0.29, 0.717) is 5.56 Å². The van der Waals surface area contributed by atoms with Crippen LogP contribution in [0.5, 0.6) is 0 Å². The van der Waals surface area contributed by atoms with Crippen molar-refractivity contribution < 1.29 is 9.53 Å². The first-order valence-corrected chi connectivity index (χ1v) is 8.22. The fourth-order valence-electron chi connectivity index (χ4n) is 2.97. The van der Waals surface area contributed by atoms with Gasteiger partial charge in [0.15, 0.2) is 0 Å². The number of nitrogens with zero attached hydrogens (tertiary/aromatic N) is 1. The molecule has 0 atom stereocenters. The van der Waals surface area contributed by atoms with Gasteiger partial charge in [0.1, 0.15) is 0 Å². The van der Waals surface area contributed by atoms with E-state index in [9.17, 15) is 4.79 Å². The van der Waals surface area contributed by atoms with Gasteiger partial charge in [0.25, 0.3) is 0 Å². The first kappa shape index (κ1) is 16.8. The Kier molecular flexibility index (Phi) is 4.85. The average Bonchev–Trinajstić information content (AvgIpc) is 2.65. The third-order valence-electron chi connectivity index (χ3n) is 4.26. The van der Waals surface area contributed by atoms with E-state index in [4.69, 9.17) is 4.74 Å². The molecule has 0 radical (unpaired) electrons. The molecule has 0 N–H and O–H groups in total. The molecule has 3 aromatic rings. The van der Waals surface area contributed by atoms with E-state index in [-0.39, 0.29) is 5.97 Å². The molecule has 0 bridgehead atoms. The van der Waals surface area contributed by atoms with E-state index in [1.165, 1.54) is 7.11 Å². The molecule has 0 aliphatic rings. The SMILES string of the molecule is COC(=O)c1ccccc1N(c1ccccc1C)c1ccccc1C. The highest BCUT2D eigenvalue weighted by molar-refractivity contribution is 5.99. The lowest BCUT2D eigenvalue weighted by Crippen LogP contribution is -2.16. The molecule has 0 fully saturated rings. The summed E-state index contributed by atoms with van der Waals surface area (Å²) in [5.41, 5.74) is 5.67. The molecule has 3 aromatic carbocycles. The lowest BCUT2D eigenvalue weighted by molar-refractivity contribution is 0.0601. The van der Waals surface area contributed by atoms with E-state index in [2.05, 4.69) is 43.0 Å². The standard InChI is InChI=1S/C22H21NO2/c1-16-10-4-7-13-19(16)23(20-14-8-5-11-17(20)2)21-15-9-6-12-18(21)22(24)25-3/h4-15H,1-3H3. The maximum absolute atomic E-state index is 12.3. The van der Waals surface area contributed by atoms with Crippen molar-refractivity contribution in [2.75, 3.05) is 12.0 Å². The van der Waals surface area contributed by atoms with Crippen LogP contribution in [-0.2, 0) is 4.74 Å². The van der Waals surface area contributed by atoms with E-state index < -0.39 is 0 Å². The number of rotatable bonds is 4. The Hall–Kier alpha value is -3.07. The third-order valence-corrected chi connectivity index (χ3v) is 4.26. The molecule has 0 heterocycles. The predicted octanol–water partition coefficient (Wildman–Crippen LogP) is 5.56. The summed E-state index contributed by atoms with van der Waals surface area (Å²) < 4.78 is 4.99. The van der Waals surface area contributed by atoms with E-state index in [0.717, 1.165) is 28.2 Å². The van der Waals surface area contributed by atoms with Gasteiger partial charge in [0.05, 0.1) is 18.4 Å². The van der Waals surface area contributed by atoms with Crippen LogP contribution in [0.2, 0.25) is 0 Å². The number of anilines is 3. The maximum atomic E-state index is 12.3. The lowest BCUT2D eigenvalue weighted by Gasteiger charge is -2.29. The van der Waals surface area contributed by atoms with Gasteiger partial charge >= 0.3 is 5.97 Å². The number of methoxy groups -OCH3 is 1. The number of ether oxygens (including phenoxy) is 1. The zero-order valence-corrected chi connectivity index (χ0v) is 14.7. The minimum Gasteiger partial charge on any atom is -0.465 e. The van der Waals surface area contributed by atoms with Crippen molar-refractivity contribution in [2.24, 2.45) is 0 Å². The van der Waals surface area contributed by atoms with Gasteiger partial charge in [-0.2, -0.15) is 0 Å². The number of carbonyl (C=O) groups is 1. The summed E-state index contributed by atoms with van der Waals surface area (Å²) >= 11 is 0. The summed E-state index contributed by atoms with van der Waals surface area (Å²) in [5.74, 6) is -0.345. The normalized spacial score (nSPS) is 10.4. The van der Waals surface area contributed by atoms with Crippen molar-refractivity contribution in [1.29, 1.82) is 0 Å². The molecule has 0 unspecified atom stereocenters. The predicted molar refractivity (Wildman–Crippen MR) is 102 cm³/mol. The maximum Gasteiger partial charge on any atom is 0.339 e. The summed E-state index contributed by atoms with van der Waals surface area (Å²) in [7, 11) is 1.41. The zero-order chi connectivity index (χ0) is 17.8. The largest absolute Gasteiger partial charge is 0.465 e. The van der Waals surface area contributed by atoms with Gasteiger partial charge in [-0.25, -0.2) is 4.79 Å². The highest BCUT2D eigenvalue weighted by Crippen LogP contribution is 2.39. The Morgan fingerprint density at radius 1 is 0.720 bits per heavy atom. The summed E-state index contributed by atoms with van der Waals surface area (Å²) in [5, 5.41) is 0. The summed E-state index contributed by atoms with van der Waals surface area (Å²) in [4.78, 5) is 14.4. The van der Waals surface area contributed by atoms with Gasteiger partial charge < -0.3 is 9.64 Å². The van der Waals surface area contributed by atoms with Crippen molar-refractivity contribution in [2.45, 2.75) is 13.8 Å². The minimum atomic E-state index is -0.345. The van der Waals surface area contributed by atoms with Gasteiger partial charge in [0.2, 0.25) is 0 Å². The molecular weight excluding hydrogens is 310 g/mol. The van der Waals surface area contributed by atoms with Gasteiger partial charge in [-0.15, -0.1) is 0 Å². The second kappa shape index (κ2) is 7.22. The molecule has 0 amide bonds. The third kappa shape index (κ3) is 3.26. The second-order valence-corrected chi connectivity index (χ2v) is 5.92. The Labute approximate surface area is 148 Å². The summed E-state index contributed by atoms with van der Waals surface area (Å²) in [6.07, 6.45) is 0. The van der Waals surface area contributed by atoms with Crippen LogP contribution in [0.1, 0.15) is 21.5 Å². The first-order chi connectivity index (χ1) is 12.1. The van der Waals surface area contributed by atoms with Crippen LogP contribution in [-0.4, -0.2) is 13.1 Å². The molecule has 0 aromatic heterocycles. The fourth-order valence-corrected chi connectivity index (χ4v) is 2.97. The average molecular weight is 331 g/mol. The topological polar surface area (TPSA) is 29.5 Å². The Morgan fingerprint density at radius 3 is 1.64 bits per heavy atom. The number of benzene rings is 3. The van der Waals surface area contributed by atoms with Crippen LogP contribution in [0.4, 0.5) is 17.1 Å². The molecule has 0 aliphatic carbocycles. The fraction of sp³-hybridized carbons (Fsp3) is 0.136. The molecule has 0 saturated heterocycles. The van der Waals surface area contributed by atoms with Crippen molar-refractivity contribution in [3.63, 3.8) is 0 Å². The van der Waals surface area contributed by atoms with E-state index in [1.54, 1.807) is 6.07 Å². The number of esters is 1. The van der Waals surface area contributed by atoms with Crippen molar-refractivity contribution >= 4 is 23.0 Å². The van der Waals surface area contributed by atoms with Crippen LogP contribution in [0.25, 0.3) is 0 Å². The highest BCUT2D eigenvalue weighted by atomic mass is 16.5. The highest BCUT2D eigenvalue weighted by Gasteiger charge is 2.21. The number of hydrogen-bond acceptors (Lipinski definition) is 3. The number of aryl methyl sites for hydroxylation is 2. The molecule has 0 spiro atoms. The quantitative estimate of drug-likeness (QED) is 0.586. The molecule has 3 heteroatoms. The smallest absolute Gasteiger partial charge is 0.339 e. The molecule has 25 heavy (non-hydrogen) atoms. The Balaban J connectivity index is 2.29. The van der Waals surface area contributed by atoms with Gasteiger partial charge in [-0.3, -0.25) is 0 Å². The summed E-state index contributed by atoms with van der Waals surface area (Å²) in [6, 6.07) is 23.9. The summed E-state index contributed by atoms with van der Waals surface area (Å²) in [6.45, 7) is 4.14. The molecular formula is C22H21NO2. The van der Waals surface area contributed by atoms with Gasteiger partial charge in [0, 0.05) is 11.4 Å². The Morgan fingerprint density at radius 2 is 1.16 bits per heavy atom. The molecule has 3 nitrogen and oxygen atoms in total. The molecule has 0 saturated carbocycles. The number of hydrogen-bond donors (Lipinski definition) is 0. The molecule has 126 valence electrons. The second-order valence-electron chi connectivity index (χ2n) is 5.92. The zero-order valence-electron chi connectivity index (χ0n) is 14.7.